The van der Waals surface area contributed by atoms with E-state index in [1.165, 1.54) is 45.8 Å². The summed E-state index contributed by atoms with van der Waals surface area (Å²) in [5.41, 5.74) is 7.34. The van der Waals surface area contributed by atoms with Crippen LogP contribution in [0.15, 0.2) is 40.9 Å². The van der Waals surface area contributed by atoms with Gasteiger partial charge in [-0.05, 0) is 61.9 Å². The zero-order valence-corrected chi connectivity index (χ0v) is 18.4. The van der Waals surface area contributed by atoms with Gasteiger partial charge in [-0.1, -0.05) is 23.4 Å². The van der Waals surface area contributed by atoms with Crippen LogP contribution in [0, 0.1) is 19.8 Å². The Balaban J connectivity index is 1.47. The topological polar surface area (TPSA) is 43.4 Å². The number of ether oxygens (including phenoxy) is 1. The van der Waals surface area contributed by atoms with Gasteiger partial charge in [-0.3, -0.25) is 4.90 Å². The summed E-state index contributed by atoms with van der Waals surface area (Å²) in [5.74, 6) is 1.70. The molecular weight excluding hydrogens is 386 g/mol. The van der Waals surface area contributed by atoms with E-state index < -0.39 is 0 Å². The number of hydrogen-bond acceptors (Lipinski definition) is 4. The van der Waals surface area contributed by atoms with E-state index >= 15 is 0 Å². The first-order chi connectivity index (χ1) is 15.2. The molecule has 0 bridgehead atoms. The minimum Gasteiger partial charge on any atom is -0.379 e. The fourth-order valence-electron chi connectivity index (χ4n) is 5.07. The van der Waals surface area contributed by atoms with Crippen LogP contribution in [0.2, 0.25) is 0 Å². The summed E-state index contributed by atoms with van der Waals surface area (Å²) in [6, 6.07) is 13.9. The van der Waals surface area contributed by atoms with Crippen LogP contribution in [0.5, 0.6) is 0 Å². The van der Waals surface area contributed by atoms with Gasteiger partial charge < -0.3 is 13.8 Å². The second-order valence-electron chi connectivity index (χ2n) is 9.23. The molecule has 0 spiro atoms. The van der Waals surface area contributed by atoms with E-state index in [0.717, 1.165) is 62.3 Å². The predicted molar refractivity (Wildman–Crippen MR) is 123 cm³/mol. The van der Waals surface area contributed by atoms with Crippen LogP contribution >= 0.6 is 0 Å². The van der Waals surface area contributed by atoms with Gasteiger partial charge in [0.15, 0.2) is 0 Å². The number of hydrogen-bond donors (Lipinski definition) is 0. The molecule has 2 aromatic carbocycles. The Kier molecular flexibility index (Phi) is 4.62. The van der Waals surface area contributed by atoms with Gasteiger partial charge in [0, 0.05) is 53.5 Å². The van der Waals surface area contributed by atoms with Gasteiger partial charge in [-0.25, -0.2) is 0 Å². The van der Waals surface area contributed by atoms with Crippen molar-refractivity contribution in [3.63, 3.8) is 0 Å². The highest BCUT2D eigenvalue weighted by molar-refractivity contribution is 6.09. The molecule has 4 aromatic rings. The lowest BCUT2D eigenvalue weighted by Crippen LogP contribution is -2.35. The summed E-state index contributed by atoms with van der Waals surface area (Å²) in [7, 11) is 0. The zero-order chi connectivity index (χ0) is 20.9. The number of aromatic nitrogens is 2. The van der Waals surface area contributed by atoms with Gasteiger partial charge in [0.1, 0.15) is 5.76 Å². The summed E-state index contributed by atoms with van der Waals surface area (Å²) in [4.78, 5) is 2.49. The predicted octanol–water partition coefficient (Wildman–Crippen LogP) is 5.31. The van der Waals surface area contributed by atoms with E-state index in [1.807, 2.05) is 13.8 Å². The molecule has 1 saturated carbocycles. The monoisotopic (exact) mass is 415 g/mol. The summed E-state index contributed by atoms with van der Waals surface area (Å²) in [6.45, 7) is 9.84. The molecule has 0 unspecified atom stereocenters. The minimum absolute atomic E-state index is 0.823. The normalized spacial score (nSPS) is 17.7. The van der Waals surface area contributed by atoms with Gasteiger partial charge in [0.25, 0.3) is 0 Å². The van der Waals surface area contributed by atoms with E-state index in [4.69, 9.17) is 9.26 Å². The molecule has 2 aliphatic rings. The maximum atomic E-state index is 5.52. The van der Waals surface area contributed by atoms with Crippen LogP contribution in [0.1, 0.15) is 29.9 Å². The first-order valence-corrected chi connectivity index (χ1v) is 11.5. The second kappa shape index (κ2) is 7.50. The lowest BCUT2D eigenvalue weighted by molar-refractivity contribution is 0.0342. The molecule has 0 N–H and O–H groups in total. The van der Waals surface area contributed by atoms with E-state index in [-0.39, 0.29) is 0 Å². The molecule has 1 aliphatic heterocycles. The SMILES string of the molecule is Cc1noc(C)c1-c1ccc2c(c1)c1ccc(CN3CCOCC3)cc1n2CC1CC1. The molecule has 0 atom stereocenters. The van der Waals surface area contributed by atoms with Gasteiger partial charge in [-0.2, -0.15) is 0 Å². The third-order valence-electron chi connectivity index (χ3n) is 6.90. The van der Waals surface area contributed by atoms with Crippen molar-refractivity contribution in [3.05, 3.63) is 53.4 Å². The average Bonchev–Trinajstić information content (AvgIpc) is 3.48. The number of benzene rings is 2. The largest absolute Gasteiger partial charge is 0.379 e. The molecule has 1 saturated heterocycles. The third-order valence-corrected chi connectivity index (χ3v) is 6.90. The molecule has 0 amide bonds. The van der Waals surface area contributed by atoms with Crippen LogP contribution in [0.4, 0.5) is 0 Å². The van der Waals surface area contributed by atoms with Gasteiger partial charge in [0.05, 0.1) is 18.9 Å². The molecule has 31 heavy (non-hydrogen) atoms. The van der Waals surface area contributed by atoms with Crippen molar-refractivity contribution in [1.29, 1.82) is 0 Å². The lowest BCUT2D eigenvalue weighted by Gasteiger charge is -2.26. The van der Waals surface area contributed by atoms with E-state index in [2.05, 4.69) is 51.0 Å². The average molecular weight is 416 g/mol. The van der Waals surface area contributed by atoms with Crippen molar-refractivity contribution in [2.24, 2.45) is 5.92 Å². The molecule has 5 nitrogen and oxygen atoms in total. The summed E-state index contributed by atoms with van der Waals surface area (Å²) < 4.78 is 13.5. The lowest BCUT2D eigenvalue weighted by atomic mass is 10.0. The molecule has 1 aliphatic carbocycles. The van der Waals surface area contributed by atoms with Crippen LogP contribution < -0.4 is 0 Å². The minimum atomic E-state index is 0.823. The molecule has 2 aromatic heterocycles. The van der Waals surface area contributed by atoms with Crippen molar-refractivity contribution in [3.8, 4) is 11.1 Å². The fourth-order valence-corrected chi connectivity index (χ4v) is 5.07. The number of aryl methyl sites for hydroxylation is 2. The highest BCUT2D eigenvalue weighted by Crippen LogP contribution is 2.38. The number of morpholine rings is 1. The molecule has 6 rings (SSSR count). The van der Waals surface area contributed by atoms with Crippen molar-refractivity contribution in [1.82, 2.24) is 14.6 Å². The molecule has 0 radical (unpaired) electrons. The number of nitrogens with zero attached hydrogens (tertiary/aromatic N) is 3. The van der Waals surface area contributed by atoms with Crippen LogP contribution in [0.3, 0.4) is 0 Å². The maximum Gasteiger partial charge on any atom is 0.141 e. The van der Waals surface area contributed by atoms with Crippen molar-refractivity contribution in [2.75, 3.05) is 26.3 Å². The quantitative estimate of drug-likeness (QED) is 0.443. The van der Waals surface area contributed by atoms with E-state index in [1.54, 1.807) is 0 Å². The Morgan fingerprint density at radius 3 is 2.55 bits per heavy atom. The standard InChI is InChI=1S/C26H29N3O2/c1-17-26(18(2)31-27-17)21-6-8-24-23(14-21)22-7-5-20(15-28-9-11-30-12-10-28)13-25(22)29(24)16-19-3-4-19/h5-8,13-14,19H,3-4,9-12,15-16H2,1-2H3. The summed E-state index contributed by atoms with van der Waals surface area (Å²) >= 11 is 0. The molecular formula is C26H29N3O2. The first-order valence-electron chi connectivity index (χ1n) is 11.5. The molecule has 3 heterocycles. The summed E-state index contributed by atoms with van der Waals surface area (Å²) in [6.07, 6.45) is 2.71. The number of rotatable bonds is 5. The van der Waals surface area contributed by atoms with Crippen LogP contribution in [-0.2, 0) is 17.8 Å². The van der Waals surface area contributed by atoms with Gasteiger partial charge in [0.2, 0.25) is 0 Å². The molecule has 160 valence electrons. The summed E-state index contributed by atoms with van der Waals surface area (Å²) in [5, 5.41) is 6.83. The van der Waals surface area contributed by atoms with E-state index in [0.29, 0.717) is 0 Å². The maximum absolute atomic E-state index is 5.52. The second-order valence-corrected chi connectivity index (χ2v) is 9.23. The van der Waals surface area contributed by atoms with Crippen LogP contribution in [-0.4, -0.2) is 40.9 Å². The third kappa shape index (κ3) is 3.46. The smallest absolute Gasteiger partial charge is 0.141 e. The van der Waals surface area contributed by atoms with Crippen molar-refractivity contribution >= 4 is 21.8 Å². The van der Waals surface area contributed by atoms with Gasteiger partial charge in [-0.15, -0.1) is 0 Å². The Morgan fingerprint density at radius 1 is 0.968 bits per heavy atom. The van der Waals surface area contributed by atoms with Crippen LogP contribution in [0.25, 0.3) is 32.9 Å². The Labute approximate surface area is 182 Å². The van der Waals surface area contributed by atoms with Crippen molar-refractivity contribution in [2.45, 2.75) is 39.8 Å². The Bertz CT molecular complexity index is 1240. The van der Waals surface area contributed by atoms with Gasteiger partial charge >= 0.3 is 0 Å². The highest BCUT2D eigenvalue weighted by Gasteiger charge is 2.24. The zero-order valence-electron chi connectivity index (χ0n) is 18.4. The molecule has 5 heteroatoms. The van der Waals surface area contributed by atoms with Crippen molar-refractivity contribution < 1.29 is 9.26 Å². The Hall–Kier alpha value is -2.63. The first kappa shape index (κ1) is 19.1. The van der Waals surface area contributed by atoms with E-state index in [9.17, 15) is 0 Å². The fraction of sp³-hybridized carbons (Fsp3) is 0.423. The molecule has 2 fully saturated rings. The Morgan fingerprint density at radius 2 is 1.81 bits per heavy atom. The highest BCUT2D eigenvalue weighted by atomic mass is 16.5. The number of fused-ring (bicyclic) bond motifs is 3.